The van der Waals surface area contributed by atoms with Gasteiger partial charge < -0.3 is 4.57 Å². The predicted molar refractivity (Wildman–Crippen MR) is 97.8 cm³/mol. The van der Waals surface area contributed by atoms with Crippen LogP contribution in [0, 0.1) is 23.7 Å². The monoisotopic (exact) mass is 341 g/mol. The Bertz CT molecular complexity index is 1310. The summed E-state index contributed by atoms with van der Waals surface area (Å²) < 4.78 is 3.10. The van der Waals surface area contributed by atoms with Crippen molar-refractivity contribution in [2.75, 3.05) is 0 Å². The van der Waals surface area contributed by atoms with Crippen LogP contribution in [0.1, 0.15) is 16.7 Å². The molecule has 0 aliphatic rings. The third-order valence-corrected chi connectivity index (χ3v) is 4.36. The van der Waals surface area contributed by atoms with Crippen LogP contribution < -0.4 is 11.0 Å². The van der Waals surface area contributed by atoms with Crippen molar-refractivity contribution in [3.63, 3.8) is 0 Å². The average molecular weight is 341 g/mol. The molecule has 4 rings (SSSR count). The van der Waals surface area contributed by atoms with Gasteiger partial charge in [-0.25, -0.2) is 4.98 Å². The highest BCUT2D eigenvalue weighted by Crippen LogP contribution is 2.12. The van der Waals surface area contributed by atoms with Crippen LogP contribution in [-0.2, 0) is 6.54 Å². The first kappa shape index (κ1) is 15.8. The number of nitriles is 1. The van der Waals surface area contributed by atoms with Crippen molar-refractivity contribution >= 4 is 16.7 Å². The molecule has 0 unspecified atom stereocenters. The summed E-state index contributed by atoms with van der Waals surface area (Å²) in [4.78, 5) is 17.6. The second kappa shape index (κ2) is 5.97. The van der Waals surface area contributed by atoms with E-state index in [0.717, 1.165) is 11.1 Å². The maximum Gasteiger partial charge on any atom is 0.267 e. The molecule has 6 nitrogen and oxygen atoms in total. The van der Waals surface area contributed by atoms with Crippen LogP contribution in [0.4, 0.5) is 0 Å². The molecule has 0 aliphatic carbocycles. The fourth-order valence-electron chi connectivity index (χ4n) is 3.05. The number of rotatable bonds is 2. The van der Waals surface area contributed by atoms with E-state index in [1.807, 2.05) is 49.4 Å². The van der Waals surface area contributed by atoms with Gasteiger partial charge in [0.05, 0.1) is 17.5 Å². The van der Waals surface area contributed by atoms with Gasteiger partial charge in [0.25, 0.3) is 5.56 Å². The lowest BCUT2D eigenvalue weighted by Crippen LogP contribution is -2.28. The number of aromatic nitrogens is 3. The van der Waals surface area contributed by atoms with Crippen molar-refractivity contribution in [3.8, 4) is 6.07 Å². The molecule has 0 fully saturated rings. The van der Waals surface area contributed by atoms with Crippen LogP contribution in [0.15, 0.2) is 59.5 Å². The summed E-state index contributed by atoms with van der Waals surface area (Å²) in [7, 11) is 0. The lowest BCUT2D eigenvalue weighted by atomic mass is 10.2. The summed E-state index contributed by atoms with van der Waals surface area (Å²) in [5.41, 5.74) is 2.79. The molecule has 1 aromatic carbocycles. The lowest BCUT2D eigenvalue weighted by Gasteiger charge is -2.13. The number of nitrogens with zero attached hydrogens (tertiary/aromatic N) is 4. The third-order valence-electron chi connectivity index (χ3n) is 4.36. The Hall–Kier alpha value is -3.72. The van der Waals surface area contributed by atoms with E-state index in [-0.39, 0.29) is 16.6 Å². The smallest absolute Gasteiger partial charge is 0.267 e. The quantitative estimate of drug-likeness (QED) is 0.568. The fraction of sp³-hybridized carbons (Fsp3) is 0.100. The summed E-state index contributed by atoms with van der Waals surface area (Å²) in [6.07, 6.45) is 1.73. The minimum atomic E-state index is -0.244. The molecule has 1 N–H and O–H groups in total. The molecule has 0 amide bonds. The molecule has 3 aromatic heterocycles. The van der Waals surface area contributed by atoms with Crippen molar-refractivity contribution in [1.82, 2.24) is 14.0 Å². The second-order valence-electron chi connectivity index (χ2n) is 6.18. The largest absolute Gasteiger partial charge is 0.305 e. The summed E-state index contributed by atoms with van der Waals surface area (Å²) in [6.45, 7) is 2.26. The van der Waals surface area contributed by atoms with Gasteiger partial charge in [-0.1, -0.05) is 36.4 Å². The van der Waals surface area contributed by atoms with Crippen molar-refractivity contribution in [3.05, 3.63) is 87.3 Å². The minimum absolute atomic E-state index is 0.0483. The van der Waals surface area contributed by atoms with E-state index < -0.39 is 0 Å². The summed E-state index contributed by atoms with van der Waals surface area (Å²) in [5, 5.41) is 18.1. The van der Waals surface area contributed by atoms with Crippen LogP contribution >= 0.6 is 0 Å². The topological polar surface area (TPSA) is 86.9 Å². The summed E-state index contributed by atoms with van der Waals surface area (Å²) >= 11 is 0. The fourth-order valence-corrected chi connectivity index (χ4v) is 3.05. The van der Waals surface area contributed by atoms with Crippen LogP contribution in [0.2, 0.25) is 0 Å². The zero-order valence-electron chi connectivity index (χ0n) is 14.1. The Morgan fingerprint density at radius 3 is 2.69 bits per heavy atom. The Labute approximate surface area is 148 Å². The van der Waals surface area contributed by atoms with Gasteiger partial charge in [0.2, 0.25) is 0 Å². The van der Waals surface area contributed by atoms with Gasteiger partial charge in [0, 0.05) is 6.20 Å². The molecular formula is C20H15N5O. The SMILES string of the molecule is Cc1ccc2nc3c(cc(C#N)c(=N)n3Cc3ccccc3)c(=O)n2c1. The van der Waals surface area contributed by atoms with E-state index >= 15 is 0 Å². The Morgan fingerprint density at radius 1 is 1.19 bits per heavy atom. The van der Waals surface area contributed by atoms with Gasteiger partial charge >= 0.3 is 0 Å². The second-order valence-corrected chi connectivity index (χ2v) is 6.18. The number of nitrogens with one attached hydrogen (secondary N) is 1. The molecule has 0 saturated heterocycles. The third kappa shape index (κ3) is 2.47. The molecule has 0 saturated carbocycles. The minimum Gasteiger partial charge on any atom is -0.305 e. The van der Waals surface area contributed by atoms with Gasteiger partial charge in [0.1, 0.15) is 22.9 Å². The van der Waals surface area contributed by atoms with Crippen LogP contribution in [0.5, 0.6) is 0 Å². The molecule has 4 aromatic rings. The van der Waals surface area contributed by atoms with Crippen molar-refractivity contribution in [1.29, 1.82) is 10.7 Å². The Balaban J connectivity index is 2.12. The molecule has 0 bridgehead atoms. The molecule has 3 heterocycles. The van der Waals surface area contributed by atoms with Crippen LogP contribution in [-0.4, -0.2) is 14.0 Å². The van der Waals surface area contributed by atoms with E-state index in [1.165, 1.54) is 10.5 Å². The van der Waals surface area contributed by atoms with Gasteiger partial charge in [0.15, 0.2) is 0 Å². The van der Waals surface area contributed by atoms with E-state index in [1.54, 1.807) is 16.8 Å². The highest BCUT2D eigenvalue weighted by atomic mass is 16.1. The molecule has 0 atom stereocenters. The first-order valence-electron chi connectivity index (χ1n) is 8.13. The van der Waals surface area contributed by atoms with E-state index in [2.05, 4.69) is 4.98 Å². The van der Waals surface area contributed by atoms with Gasteiger partial charge in [-0.2, -0.15) is 5.26 Å². The summed E-state index contributed by atoms with van der Waals surface area (Å²) in [6, 6.07) is 16.8. The van der Waals surface area contributed by atoms with E-state index in [9.17, 15) is 10.1 Å². The maximum atomic E-state index is 13.0. The van der Waals surface area contributed by atoms with Crippen LogP contribution in [0.3, 0.4) is 0 Å². The first-order chi connectivity index (χ1) is 12.6. The number of hydrogen-bond donors (Lipinski definition) is 1. The van der Waals surface area contributed by atoms with Gasteiger partial charge in [-0.15, -0.1) is 0 Å². The highest BCUT2D eigenvalue weighted by Gasteiger charge is 2.13. The summed E-state index contributed by atoms with van der Waals surface area (Å²) in [5.74, 6) is 0. The van der Waals surface area contributed by atoms with Gasteiger partial charge in [-0.3, -0.25) is 14.6 Å². The van der Waals surface area contributed by atoms with Crippen LogP contribution in [0.25, 0.3) is 16.7 Å². The molecular weight excluding hydrogens is 326 g/mol. The Kier molecular flexibility index (Phi) is 3.63. The molecule has 0 aliphatic heterocycles. The molecule has 0 spiro atoms. The van der Waals surface area contributed by atoms with E-state index in [4.69, 9.17) is 5.41 Å². The van der Waals surface area contributed by atoms with Crippen molar-refractivity contribution in [2.45, 2.75) is 13.5 Å². The molecule has 126 valence electrons. The highest BCUT2D eigenvalue weighted by molar-refractivity contribution is 5.77. The van der Waals surface area contributed by atoms with Crippen molar-refractivity contribution in [2.24, 2.45) is 0 Å². The average Bonchev–Trinajstić information content (AvgIpc) is 2.66. The molecule has 6 heteroatoms. The molecule has 0 radical (unpaired) electrons. The number of aryl methyl sites for hydroxylation is 1. The number of hydrogen-bond acceptors (Lipinski definition) is 4. The first-order valence-corrected chi connectivity index (χ1v) is 8.13. The standard InChI is InChI=1S/C20H15N5O/c1-13-7-8-17-23-19-16(20(26)24(17)11-13)9-15(10-21)18(22)25(19)12-14-5-3-2-4-6-14/h2-9,11,22H,12H2,1H3. The molecule has 26 heavy (non-hydrogen) atoms. The number of fused-ring (bicyclic) bond motifs is 2. The number of benzene rings is 1. The lowest BCUT2D eigenvalue weighted by molar-refractivity contribution is 0.749. The zero-order chi connectivity index (χ0) is 18.3. The van der Waals surface area contributed by atoms with E-state index in [0.29, 0.717) is 23.2 Å². The van der Waals surface area contributed by atoms with Gasteiger partial charge in [-0.05, 0) is 30.2 Å². The Morgan fingerprint density at radius 2 is 1.96 bits per heavy atom. The number of pyridine rings is 2. The normalized spacial score (nSPS) is 10.9. The predicted octanol–water partition coefficient (Wildman–Crippen LogP) is 2.36. The van der Waals surface area contributed by atoms with Crippen molar-refractivity contribution < 1.29 is 0 Å². The zero-order valence-corrected chi connectivity index (χ0v) is 14.1. The maximum absolute atomic E-state index is 13.0.